The third kappa shape index (κ3) is 5.24. The molecule has 0 bridgehead atoms. The highest BCUT2D eigenvalue weighted by atomic mass is 19.1. The number of aliphatic hydroxyl groups excluding tert-OH is 1. The molecule has 3 aromatic rings. The molecule has 0 fully saturated rings. The van der Waals surface area contributed by atoms with E-state index in [1.165, 1.54) is 6.07 Å². The van der Waals surface area contributed by atoms with Gasteiger partial charge < -0.3 is 10.2 Å². The van der Waals surface area contributed by atoms with Crippen molar-refractivity contribution in [3.63, 3.8) is 0 Å². The molecular formula is C23H23FN2O2. The highest BCUT2D eigenvalue weighted by Gasteiger charge is 2.07. The lowest BCUT2D eigenvalue weighted by molar-refractivity contribution is 0.182. The van der Waals surface area contributed by atoms with Crippen molar-refractivity contribution in [1.29, 1.82) is 0 Å². The van der Waals surface area contributed by atoms with Crippen LogP contribution in [0.4, 0.5) is 4.39 Å². The zero-order valence-electron chi connectivity index (χ0n) is 15.7. The first-order chi connectivity index (χ1) is 13.5. The van der Waals surface area contributed by atoms with Crippen LogP contribution in [0, 0.1) is 5.82 Å². The molecule has 0 saturated heterocycles. The second-order valence-electron chi connectivity index (χ2n) is 6.76. The first-order valence-corrected chi connectivity index (χ1v) is 9.29. The summed E-state index contributed by atoms with van der Waals surface area (Å²) in [5, 5.41) is 18.6. The quantitative estimate of drug-likeness (QED) is 0.553. The van der Waals surface area contributed by atoms with Crippen LogP contribution >= 0.6 is 0 Å². The lowest BCUT2D eigenvalue weighted by Crippen LogP contribution is -1.97. The van der Waals surface area contributed by atoms with Crippen LogP contribution < -0.4 is 0 Å². The van der Waals surface area contributed by atoms with Gasteiger partial charge in [-0.3, -0.25) is 0 Å². The number of aromatic hydroxyl groups is 1. The predicted molar refractivity (Wildman–Crippen MR) is 109 cm³/mol. The Morgan fingerprint density at radius 1 is 1.00 bits per heavy atom. The Kier molecular flexibility index (Phi) is 6.50. The number of allylic oxidation sites excluding steroid dienone is 1. The van der Waals surface area contributed by atoms with Crippen molar-refractivity contribution < 1.29 is 14.6 Å². The number of hydrogen-bond acceptors (Lipinski definition) is 4. The minimum atomic E-state index is -0.324. The van der Waals surface area contributed by atoms with Gasteiger partial charge >= 0.3 is 0 Å². The van der Waals surface area contributed by atoms with Gasteiger partial charge in [0.2, 0.25) is 0 Å². The van der Waals surface area contributed by atoms with Crippen LogP contribution in [-0.4, -0.2) is 26.3 Å². The fourth-order valence-electron chi connectivity index (χ4n) is 2.82. The maximum Gasteiger partial charge on any atom is 0.159 e. The molecular weight excluding hydrogens is 355 g/mol. The number of nitrogens with zero attached hydrogens (tertiary/aromatic N) is 2. The summed E-state index contributed by atoms with van der Waals surface area (Å²) in [6.07, 6.45) is 9.15. The van der Waals surface area contributed by atoms with E-state index in [1.807, 2.05) is 6.08 Å². The van der Waals surface area contributed by atoms with Gasteiger partial charge in [0.1, 0.15) is 11.6 Å². The van der Waals surface area contributed by atoms with E-state index in [0.717, 1.165) is 30.4 Å². The Balaban J connectivity index is 1.69. The van der Waals surface area contributed by atoms with Gasteiger partial charge in [0.25, 0.3) is 0 Å². The monoisotopic (exact) mass is 378 g/mol. The van der Waals surface area contributed by atoms with Gasteiger partial charge in [-0.2, -0.15) is 0 Å². The molecule has 0 saturated carbocycles. The summed E-state index contributed by atoms with van der Waals surface area (Å²) >= 11 is 0. The van der Waals surface area contributed by atoms with Crippen molar-refractivity contribution in [2.45, 2.75) is 32.3 Å². The summed E-state index contributed by atoms with van der Waals surface area (Å²) in [6.45, 7) is 1.77. The summed E-state index contributed by atoms with van der Waals surface area (Å²) in [6, 6.07) is 11.7. The van der Waals surface area contributed by atoms with Gasteiger partial charge in [0.15, 0.2) is 5.82 Å². The zero-order chi connectivity index (χ0) is 19.9. The van der Waals surface area contributed by atoms with Gasteiger partial charge in [-0.25, -0.2) is 14.4 Å². The Morgan fingerprint density at radius 3 is 2.32 bits per heavy atom. The number of phenols is 1. The number of halogens is 1. The molecule has 2 N–H and O–H groups in total. The maximum absolute atomic E-state index is 14.4. The summed E-state index contributed by atoms with van der Waals surface area (Å²) in [5.74, 6) is 0.332. The molecule has 28 heavy (non-hydrogen) atoms. The van der Waals surface area contributed by atoms with E-state index >= 15 is 0 Å². The van der Waals surface area contributed by atoms with E-state index < -0.39 is 0 Å². The standard InChI is InChI=1S/C23H23FN2O2/c1-16(27)5-3-2-4-6-18-7-8-19(13-22(18)24)23-25-14-20(15-26-23)17-9-11-21(28)12-10-17/h4,6-16,27-28H,2-3,5H2,1H3. The minimum Gasteiger partial charge on any atom is -0.508 e. The number of aliphatic hydroxyl groups is 1. The molecule has 1 aromatic heterocycles. The number of unbranched alkanes of at least 4 members (excludes halogenated alkanes) is 1. The molecule has 1 atom stereocenters. The number of rotatable bonds is 7. The highest BCUT2D eigenvalue weighted by Crippen LogP contribution is 2.24. The number of hydrogen-bond donors (Lipinski definition) is 2. The smallest absolute Gasteiger partial charge is 0.159 e. The Bertz CT molecular complexity index is 936. The average molecular weight is 378 g/mol. The van der Waals surface area contributed by atoms with Gasteiger partial charge in [-0.05, 0) is 49.9 Å². The molecule has 5 heteroatoms. The van der Waals surface area contributed by atoms with Crippen LogP contribution in [0.1, 0.15) is 31.7 Å². The van der Waals surface area contributed by atoms with Crippen LogP contribution in [-0.2, 0) is 0 Å². The fraction of sp³-hybridized carbons (Fsp3) is 0.217. The van der Waals surface area contributed by atoms with Crippen molar-refractivity contribution in [2.24, 2.45) is 0 Å². The summed E-state index contributed by atoms with van der Waals surface area (Å²) in [4.78, 5) is 8.68. The average Bonchev–Trinajstić information content (AvgIpc) is 2.69. The maximum atomic E-state index is 14.4. The molecule has 1 heterocycles. The van der Waals surface area contributed by atoms with Crippen LogP contribution in [0.15, 0.2) is 60.9 Å². The SMILES string of the molecule is CC(O)CCCC=Cc1ccc(-c2ncc(-c3ccc(O)cc3)cn2)cc1F. The largest absolute Gasteiger partial charge is 0.508 e. The fourth-order valence-corrected chi connectivity index (χ4v) is 2.82. The predicted octanol–water partition coefficient (Wildman–Crippen LogP) is 5.22. The molecule has 0 spiro atoms. The second kappa shape index (κ2) is 9.24. The van der Waals surface area contributed by atoms with E-state index in [-0.39, 0.29) is 17.7 Å². The molecule has 4 nitrogen and oxygen atoms in total. The van der Waals surface area contributed by atoms with Crippen LogP contribution in [0.5, 0.6) is 5.75 Å². The van der Waals surface area contributed by atoms with Gasteiger partial charge in [-0.1, -0.05) is 36.4 Å². The summed E-state index contributed by atoms with van der Waals surface area (Å²) in [7, 11) is 0. The van der Waals surface area contributed by atoms with Crippen molar-refractivity contribution >= 4 is 6.08 Å². The molecule has 1 unspecified atom stereocenters. The van der Waals surface area contributed by atoms with Crippen LogP contribution in [0.3, 0.4) is 0 Å². The Hall–Kier alpha value is -3.05. The lowest BCUT2D eigenvalue weighted by atomic mass is 10.1. The summed E-state index contributed by atoms with van der Waals surface area (Å²) in [5.41, 5.74) is 2.84. The van der Waals surface area contributed by atoms with Gasteiger partial charge in [0.05, 0.1) is 6.10 Å². The van der Waals surface area contributed by atoms with Crippen molar-refractivity contribution in [3.05, 3.63) is 72.3 Å². The topological polar surface area (TPSA) is 66.2 Å². The second-order valence-corrected chi connectivity index (χ2v) is 6.76. The minimum absolute atomic E-state index is 0.203. The van der Waals surface area contributed by atoms with Gasteiger partial charge in [-0.15, -0.1) is 0 Å². The van der Waals surface area contributed by atoms with Crippen LogP contribution in [0.2, 0.25) is 0 Å². The number of benzene rings is 2. The Labute approximate surface area is 164 Å². The number of phenolic OH excluding ortho intramolecular Hbond substituents is 1. The van der Waals surface area contributed by atoms with E-state index in [9.17, 15) is 14.6 Å². The van der Waals surface area contributed by atoms with Crippen molar-refractivity contribution in [2.75, 3.05) is 0 Å². The molecule has 0 amide bonds. The van der Waals surface area contributed by atoms with Crippen LogP contribution in [0.25, 0.3) is 28.6 Å². The third-order valence-electron chi connectivity index (χ3n) is 4.40. The van der Waals surface area contributed by atoms with E-state index in [1.54, 1.807) is 61.8 Å². The molecule has 0 aliphatic carbocycles. The van der Waals surface area contributed by atoms with E-state index in [0.29, 0.717) is 17.0 Å². The van der Waals surface area contributed by atoms with E-state index in [2.05, 4.69) is 9.97 Å². The van der Waals surface area contributed by atoms with Crippen molar-refractivity contribution in [3.8, 4) is 28.3 Å². The highest BCUT2D eigenvalue weighted by molar-refractivity contribution is 5.65. The van der Waals surface area contributed by atoms with Crippen molar-refractivity contribution in [1.82, 2.24) is 9.97 Å². The number of aromatic nitrogens is 2. The van der Waals surface area contributed by atoms with Gasteiger partial charge in [0, 0.05) is 29.1 Å². The summed E-state index contributed by atoms with van der Waals surface area (Å²) < 4.78 is 14.4. The molecule has 3 rings (SSSR count). The zero-order valence-corrected chi connectivity index (χ0v) is 15.7. The third-order valence-corrected chi connectivity index (χ3v) is 4.40. The molecule has 2 aromatic carbocycles. The normalized spacial score (nSPS) is 12.4. The molecule has 0 aliphatic heterocycles. The lowest BCUT2D eigenvalue weighted by Gasteiger charge is -2.05. The molecule has 0 aliphatic rings. The first kappa shape index (κ1) is 19.7. The van der Waals surface area contributed by atoms with E-state index in [4.69, 9.17) is 0 Å². The first-order valence-electron chi connectivity index (χ1n) is 9.29. The molecule has 0 radical (unpaired) electrons. The molecule has 144 valence electrons. The Morgan fingerprint density at radius 2 is 1.68 bits per heavy atom.